The minimum atomic E-state index is 0.597. The minimum Gasteiger partial charge on any atom is -0.315 e. The maximum absolute atomic E-state index is 5.37. The first kappa shape index (κ1) is 15.1. The summed E-state index contributed by atoms with van der Waals surface area (Å²) in [4.78, 5) is 5.83. The first-order valence-corrected chi connectivity index (χ1v) is 8.53. The smallest absolute Gasteiger partial charge is 0.221 e. The van der Waals surface area contributed by atoms with E-state index < -0.39 is 0 Å². The van der Waals surface area contributed by atoms with Crippen molar-refractivity contribution in [1.29, 1.82) is 0 Å². The van der Waals surface area contributed by atoms with Gasteiger partial charge in [-0.1, -0.05) is 29.8 Å². The largest absolute Gasteiger partial charge is 0.315 e. The van der Waals surface area contributed by atoms with Crippen molar-refractivity contribution in [3.05, 3.63) is 57.0 Å². The number of aromatic nitrogens is 3. The first-order valence-electron chi connectivity index (χ1n) is 7.18. The zero-order valence-electron chi connectivity index (χ0n) is 12.7. The topological polar surface area (TPSA) is 38.0 Å². The molecule has 0 radical (unpaired) electrons. The lowest BCUT2D eigenvalue weighted by molar-refractivity contribution is -0.917. The summed E-state index contributed by atoms with van der Waals surface area (Å²) in [7, 11) is 2.16. The Hall–Kier alpha value is -1.76. The van der Waals surface area contributed by atoms with E-state index in [1.54, 1.807) is 11.3 Å². The number of hydrogen-bond acceptors (Lipinski definition) is 3. The number of nitrogens with zero attached hydrogens (tertiary/aromatic N) is 2. The fraction of sp³-hybridized carbons (Fsp3) is 0.250. The zero-order chi connectivity index (χ0) is 15.5. The average molecular weight is 331 g/mol. The van der Waals surface area contributed by atoms with E-state index in [1.807, 2.05) is 4.68 Å². The van der Waals surface area contributed by atoms with Gasteiger partial charge in [-0.25, -0.2) is 4.68 Å². The Labute approximate surface area is 139 Å². The van der Waals surface area contributed by atoms with Gasteiger partial charge in [0.15, 0.2) is 12.5 Å². The van der Waals surface area contributed by atoms with Crippen LogP contribution in [0.5, 0.6) is 0 Å². The molecule has 1 atom stereocenters. The maximum atomic E-state index is 5.37. The Morgan fingerprint density at radius 3 is 2.73 bits per heavy atom. The monoisotopic (exact) mass is 331 g/mol. The van der Waals surface area contributed by atoms with Crippen molar-refractivity contribution >= 4 is 23.6 Å². The number of thiophene rings is 1. The Kier molecular flexibility index (Phi) is 4.52. The van der Waals surface area contributed by atoms with Crippen molar-refractivity contribution in [2.75, 3.05) is 7.05 Å². The molecular weight excluding hydrogens is 312 g/mol. The summed E-state index contributed by atoms with van der Waals surface area (Å²) in [6.45, 7) is 3.82. The van der Waals surface area contributed by atoms with Gasteiger partial charge in [0, 0.05) is 11.1 Å². The van der Waals surface area contributed by atoms with Gasteiger partial charge in [-0.05, 0) is 36.0 Å². The lowest BCUT2D eigenvalue weighted by Crippen LogP contribution is -3.06. The Balaban J connectivity index is 1.75. The van der Waals surface area contributed by atoms with Crippen LogP contribution in [0.25, 0.3) is 11.4 Å². The van der Waals surface area contributed by atoms with Gasteiger partial charge in [0.2, 0.25) is 4.77 Å². The molecule has 0 fully saturated rings. The van der Waals surface area contributed by atoms with Crippen LogP contribution in [0.2, 0.25) is 0 Å². The van der Waals surface area contributed by atoms with Crippen molar-refractivity contribution in [2.24, 2.45) is 0 Å². The van der Waals surface area contributed by atoms with Crippen LogP contribution in [0, 0.1) is 11.7 Å². The number of benzene rings is 1. The predicted molar refractivity (Wildman–Crippen MR) is 92.5 cm³/mol. The number of aryl methyl sites for hydroxylation is 1. The number of quaternary nitrogens is 1. The van der Waals surface area contributed by atoms with Crippen molar-refractivity contribution in [2.45, 2.75) is 20.1 Å². The molecule has 0 bridgehead atoms. The summed E-state index contributed by atoms with van der Waals surface area (Å²) in [6, 6.07) is 10.5. The van der Waals surface area contributed by atoms with Gasteiger partial charge in [-0.2, -0.15) is 16.3 Å². The highest BCUT2D eigenvalue weighted by Gasteiger charge is 2.09. The van der Waals surface area contributed by atoms with E-state index in [-0.39, 0.29) is 0 Å². The zero-order valence-corrected chi connectivity index (χ0v) is 14.3. The highest BCUT2D eigenvalue weighted by Crippen LogP contribution is 2.15. The second-order valence-electron chi connectivity index (χ2n) is 5.57. The molecule has 0 aliphatic carbocycles. The standard InChI is InChI=1S/C16H18N4S2/c1-12-3-5-14(6-4-12)15-17-16(21)20(18-15)11-19(2)9-13-7-8-22-10-13/h3-8,10H,9,11H2,1-2H3,(H,17,18,21)/p+1. The minimum absolute atomic E-state index is 0.597. The molecule has 0 spiro atoms. The fourth-order valence-electron chi connectivity index (χ4n) is 2.37. The molecule has 114 valence electrons. The van der Waals surface area contributed by atoms with Crippen LogP contribution in [0.1, 0.15) is 11.1 Å². The van der Waals surface area contributed by atoms with Gasteiger partial charge in [0.1, 0.15) is 6.54 Å². The molecule has 0 amide bonds. The average Bonchev–Trinajstić information content (AvgIpc) is 3.10. The van der Waals surface area contributed by atoms with Crippen LogP contribution < -0.4 is 4.90 Å². The molecule has 0 saturated heterocycles. The normalized spacial score (nSPS) is 12.5. The Morgan fingerprint density at radius 2 is 2.05 bits per heavy atom. The third kappa shape index (κ3) is 3.52. The van der Waals surface area contributed by atoms with Crippen molar-refractivity contribution in [3.8, 4) is 11.4 Å². The molecule has 3 rings (SSSR count). The van der Waals surface area contributed by atoms with Crippen molar-refractivity contribution in [1.82, 2.24) is 14.8 Å². The Bertz CT molecular complexity index is 784. The molecule has 3 aromatic rings. The summed E-state index contributed by atoms with van der Waals surface area (Å²) in [5.41, 5.74) is 3.65. The lowest BCUT2D eigenvalue weighted by Gasteiger charge is -2.13. The van der Waals surface area contributed by atoms with E-state index in [9.17, 15) is 0 Å². The SMILES string of the molecule is Cc1ccc(-c2nc(=S)n(C[NH+](C)Cc3ccsc3)[nH]2)cc1. The van der Waals surface area contributed by atoms with E-state index in [1.165, 1.54) is 16.0 Å². The number of hydrogen-bond donors (Lipinski definition) is 2. The number of aromatic amines is 1. The van der Waals surface area contributed by atoms with Crippen LogP contribution in [0.15, 0.2) is 41.1 Å². The molecular formula is C16H19N4S2+. The summed E-state index contributed by atoms with van der Waals surface area (Å²) >= 11 is 7.11. The van der Waals surface area contributed by atoms with Crippen LogP contribution >= 0.6 is 23.6 Å². The fourth-order valence-corrected chi connectivity index (χ4v) is 3.24. The summed E-state index contributed by atoms with van der Waals surface area (Å²) in [6.07, 6.45) is 0. The van der Waals surface area contributed by atoms with E-state index >= 15 is 0 Å². The number of rotatable bonds is 5. The van der Waals surface area contributed by atoms with E-state index in [0.717, 1.165) is 24.6 Å². The van der Waals surface area contributed by atoms with Crippen LogP contribution in [-0.2, 0) is 13.2 Å². The summed E-state index contributed by atoms with van der Waals surface area (Å²) in [5.74, 6) is 0.827. The first-order chi connectivity index (χ1) is 10.6. The molecule has 1 unspecified atom stereocenters. The predicted octanol–water partition coefficient (Wildman–Crippen LogP) is 2.65. The maximum Gasteiger partial charge on any atom is 0.221 e. The Morgan fingerprint density at radius 1 is 1.27 bits per heavy atom. The van der Waals surface area contributed by atoms with Gasteiger partial charge < -0.3 is 4.90 Å². The summed E-state index contributed by atoms with van der Waals surface area (Å²) < 4.78 is 2.53. The third-order valence-corrected chi connectivity index (χ3v) is 4.56. The number of H-pyrrole nitrogens is 1. The van der Waals surface area contributed by atoms with Crippen molar-refractivity contribution in [3.63, 3.8) is 0 Å². The quantitative estimate of drug-likeness (QED) is 0.706. The highest BCUT2D eigenvalue weighted by atomic mass is 32.1. The molecule has 4 nitrogen and oxygen atoms in total. The van der Waals surface area contributed by atoms with E-state index in [2.05, 4.69) is 65.1 Å². The van der Waals surface area contributed by atoms with Gasteiger partial charge in [0.05, 0.1) is 7.05 Å². The van der Waals surface area contributed by atoms with Crippen LogP contribution in [0.4, 0.5) is 0 Å². The van der Waals surface area contributed by atoms with Gasteiger partial charge in [0.25, 0.3) is 0 Å². The van der Waals surface area contributed by atoms with Gasteiger partial charge in [-0.3, -0.25) is 5.10 Å². The van der Waals surface area contributed by atoms with Crippen molar-refractivity contribution < 1.29 is 4.90 Å². The molecule has 2 aromatic heterocycles. The molecule has 6 heteroatoms. The van der Waals surface area contributed by atoms with Crippen LogP contribution in [-0.4, -0.2) is 21.8 Å². The second kappa shape index (κ2) is 6.56. The molecule has 0 aliphatic heterocycles. The molecule has 22 heavy (non-hydrogen) atoms. The van der Waals surface area contributed by atoms with E-state index in [0.29, 0.717) is 4.77 Å². The molecule has 2 N–H and O–H groups in total. The van der Waals surface area contributed by atoms with Gasteiger partial charge >= 0.3 is 0 Å². The summed E-state index contributed by atoms with van der Waals surface area (Å²) in [5, 5.41) is 7.61. The molecule has 2 heterocycles. The third-order valence-electron chi connectivity index (χ3n) is 3.52. The molecule has 1 aromatic carbocycles. The second-order valence-corrected chi connectivity index (χ2v) is 6.72. The molecule has 0 aliphatic rings. The highest BCUT2D eigenvalue weighted by molar-refractivity contribution is 7.71. The van der Waals surface area contributed by atoms with E-state index in [4.69, 9.17) is 12.2 Å². The van der Waals surface area contributed by atoms with Gasteiger partial charge in [-0.15, -0.1) is 0 Å². The number of nitrogens with one attached hydrogen (secondary N) is 2. The lowest BCUT2D eigenvalue weighted by atomic mass is 10.1. The van der Waals surface area contributed by atoms with Crippen LogP contribution in [0.3, 0.4) is 0 Å². The molecule has 0 saturated carbocycles.